The van der Waals surface area contributed by atoms with E-state index < -0.39 is 0 Å². The molecule has 0 radical (unpaired) electrons. The third kappa shape index (κ3) is 2.92. The minimum atomic E-state index is 0.796. The van der Waals surface area contributed by atoms with Crippen molar-refractivity contribution in [2.75, 3.05) is 0 Å². The molecular formula is C11H9IN2S. The average molecular weight is 328 g/mol. The molecule has 0 unspecified atom stereocenters. The number of benzene rings is 1. The van der Waals surface area contributed by atoms with E-state index in [2.05, 4.69) is 51.6 Å². The van der Waals surface area contributed by atoms with Crippen molar-refractivity contribution in [3.8, 4) is 0 Å². The van der Waals surface area contributed by atoms with E-state index in [-0.39, 0.29) is 0 Å². The van der Waals surface area contributed by atoms with Gasteiger partial charge in [-0.05, 0) is 52.9 Å². The van der Waals surface area contributed by atoms with Gasteiger partial charge in [-0.25, -0.2) is 9.97 Å². The summed E-state index contributed by atoms with van der Waals surface area (Å²) in [7, 11) is 0. The lowest BCUT2D eigenvalue weighted by Gasteiger charge is -2.02. The summed E-state index contributed by atoms with van der Waals surface area (Å²) in [4.78, 5) is 9.73. The fraction of sp³-hybridized carbons (Fsp3) is 0.0909. The van der Waals surface area contributed by atoms with Crippen LogP contribution in [0.4, 0.5) is 0 Å². The number of rotatable bonds is 2. The fourth-order valence-corrected chi connectivity index (χ4v) is 2.18. The van der Waals surface area contributed by atoms with Gasteiger partial charge in [0.15, 0.2) is 5.16 Å². The average Bonchev–Trinajstić information content (AvgIpc) is 2.25. The first-order valence-corrected chi connectivity index (χ1v) is 6.36. The zero-order valence-corrected chi connectivity index (χ0v) is 11.1. The first kappa shape index (κ1) is 10.9. The van der Waals surface area contributed by atoms with Crippen LogP contribution in [0.3, 0.4) is 0 Å². The van der Waals surface area contributed by atoms with E-state index >= 15 is 0 Å². The van der Waals surface area contributed by atoms with Crippen molar-refractivity contribution in [1.29, 1.82) is 0 Å². The number of aryl methyl sites for hydroxylation is 1. The molecule has 2 nitrogen and oxygen atoms in total. The lowest BCUT2D eigenvalue weighted by atomic mass is 10.2. The first-order valence-electron chi connectivity index (χ1n) is 4.47. The van der Waals surface area contributed by atoms with Gasteiger partial charge in [-0.15, -0.1) is 0 Å². The summed E-state index contributed by atoms with van der Waals surface area (Å²) in [5, 5.41) is 0.796. The van der Waals surface area contributed by atoms with Crippen LogP contribution in [-0.2, 0) is 0 Å². The second-order valence-electron chi connectivity index (χ2n) is 3.05. The summed E-state index contributed by atoms with van der Waals surface area (Å²) < 4.78 is 1.06. The molecule has 76 valence electrons. The van der Waals surface area contributed by atoms with E-state index in [1.807, 2.05) is 24.5 Å². The third-order valence-corrected chi connectivity index (χ3v) is 3.52. The Bertz CT molecular complexity index is 456. The zero-order valence-electron chi connectivity index (χ0n) is 8.14. The molecule has 1 aromatic heterocycles. The first-order chi connectivity index (χ1) is 7.25. The van der Waals surface area contributed by atoms with Crippen molar-refractivity contribution >= 4 is 34.4 Å². The number of hydrogen-bond donors (Lipinski definition) is 0. The number of halogens is 1. The Morgan fingerprint density at radius 3 is 2.47 bits per heavy atom. The standard InChI is InChI=1S/C11H9IN2S/c1-8-4-2-3-5-10(8)15-11-13-6-9(12)7-14-11/h2-7H,1H3. The van der Waals surface area contributed by atoms with Crippen molar-refractivity contribution in [2.45, 2.75) is 17.0 Å². The molecule has 0 saturated carbocycles. The zero-order chi connectivity index (χ0) is 10.7. The highest BCUT2D eigenvalue weighted by Crippen LogP contribution is 2.26. The Morgan fingerprint density at radius 1 is 1.13 bits per heavy atom. The van der Waals surface area contributed by atoms with E-state index in [9.17, 15) is 0 Å². The maximum Gasteiger partial charge on any atom is 0.192 e. The van der Waals surface area contributed by atoms with Gasteiger partial charge in [0.05, 0.1) is 0 Å². The quantitative estimate of drug-likeness (QED) is 0.623. The summed E-state index contributed by atoms with van der Waals surface area (Å²) in [6.07, 6.45) is 3.66. The Morgan fingerprint density at radius 2 is 1.80 bits per heavy atom. The predicted molar refractivity (Wildman–Crippen MR) is 70.1 cm³/mol. The summed E-state index contributed by atoms with van der Waals surface area (Å²) in [5.74, 6) is 0. The van der Waals surface area contributed by atoms with Gasteiger partial charge < -0.3 is 0 Å². The highest BCUT2D eigenvalue weighted by atomic mass is 127. The van der Waals surface area contributed by atoms with Gasteiger partial charge in [-0.1, -0.05) is 18.2 Å². The third-order valence-electron chi connectivity index (χ3n) is 1.89. The van der Waals surface area contributed by atoms with E-state index in [1.54, 1.807) is 11.8 Å². The number of aromatic nitrogens is 2. The van der Waals surface area contributed by atoms with E-state index in [0.29, 0.717) is 0 Å². The predicted octanol–water partition coefficient (Wildman–Crippen LogP) is 3.54. The SMILES string of the molecule is Cc1ccccc1Sc1ncc(I)cn1. The number of hydrogen-bond acceptors (Lipinski definition) is 3. The van der Waals surface area contributed by atoms with Crippen LogP contribution in [0.5, 0.6) is 0 Å². The maximum atomic E-state index is 4.26. The second-order valence-corrected chi connectivity index (χ2v) is 5.31. The van der Waals surface area contributed by atoms with Crippen LogP contribution in [0.15, 0.2) is 46.7 Å². The van der Waals surface area contributed by atoms with Gasteiger partial charge in [0.1, 0.15) is 0 Å². The van der Waals surface area contributed by atoms with Crippen molar-refractivity contribution in [2.24, 2.45) is 0 Å². The molecule has 15 heavy (non-hydrogen) atoms. The molecule has 1 heterocycles. The topological polar surface area (TPSA) is 25.8 Å². The monoisotopic (exact) mass is 328 g/mol. The van der Waals surface area contributed by atoms with Crippen LogP contribution >= 0.6 is 34.4 Å². The van der Waals surface area contributed by atoms with Crippen LogP contribution in [0, 0.1) is 10.5 Å². The van der Waals surface area contributed by atoms with Gasteiger partial charge in [0.25, 0.3) is 0 Å². The molecule has 0 aliphatic rings. The van der Waals surface area contributed by atoms with E-state index in [1.165, 1.54) is 10.5 Å². The smallest absolute Gasteiger partial charge is 0.192 e. The minimum absolute atomic E-state index is 0.796. The largest absolute Gasteiger partial charge is 0.230 e. The van der Waals surface area contributed by atoms with Crippen molar-refractivity contribution < 1.29 is 0 Å². The molecule has 0 bridgehead atoms. The van der Waals surface area contributed by atoms with Crippen molar-refractivity contribution in [3.05, 3.63) is 45.8 Å². The lowest BCUT2D eigenvalue weighted by molar-refractivity contribution is 0.956. The molecule has 0 N–H and O–H groups in total. The molecule has 0 aliphatic heterocycles. The van der Waals surface area contributed by atoms with Gasteiger partial charge >= 0.3 is 0 Å². The molecule has 4 heteroatoms. The lowest BCUT2D eigenvalue weighted by Crippen LogP contribution is -1.87. The molecule has 0 amide bonds. The van der Waals surface area contributed by atoms with Gasteiger partial charge in [0, 0.05) is 20.9 Å². The van der Waals surface area contributed by atoms with Gasteiger partial charge in [-0.2, -0.15) is 0 Å². The summed E-state index contributed by atoms with van der Waals surface area (Å²) >= 11 is 3.80. The van der Waals surface area contributed by atoms with Crippen molar-refractivity contribution in [1.82, 2.24) is 9.97 Å². The molecule has 1 aromatic carbocycles. The van der Waals surface area contributed by atoms with E-state index in [4.69, 9.17) is 0 Å². The fourth-order valence-electron chi connectivity index (χ4n) is 1.12. The highest BCUT2D eigenvalue weighted by molar-refractivity contribution is 14.1. The molecular weight excluding hydrogens is 319 g/mol. The molecule has 2 rings (SSSR count). The molecule has 0 aliphatic carbocycles. The van der Waals surface area contributed by atoms with E-state index in [0.717, 1.165) is 8.73 Å². The molecule has 0 spiro atoms. The highest BCUT2D eigenvalue weighted by Gasteiger charge is 2.02. The number of nitrogens with zero attached hydrogens (tertiary/aromatic N) is 2. The Labute approximate surface area is 107 Å². The van der Waals surface area contributed by atoms with Gasteiger partial charge in [-0.3, -0.25) is 0 Å². The Balaban J connectivity index is 2.22. The van der Waals surface area contributed by atoms with Gasteiger partial charge in [0.2, 0.25) is 0 Å². The Kier molecular flexibility index (Phi) is 3.58. The Hall–Kier alpha value is -0.620. The van der Waals surface area contributed by atoms with Crippen LogP contribution in [0.25, 0.3) is 0 Å². The summed E-state index contributed by atoms with van der Waals surface area (Å²) in [6, 6.07) is 8.24. The normalized spacial score (nSPS) is 10.3. The van der Waals surface area contributed by atoms with Crippen LogP contribution < -0.4 is 0 Å². The summed E-state index contributed by atoms with van der Waals surface area (Å²) in [5.41, 5.74) is 1.25. The van der Waals surface area contributed by atoms with Crippen LogP contribution in [0.1, 0.15) is 5.56 Å². The second kappa shape index (κ2) is 4.94. The maximum absolute atomic E-state index is 4.26. The summed E-state index contributed by atoms with van der Waals surface area (Å²) in [6.45, 7) is 2.09. The molecule has 2 aromatic rings. The minimum Gasteiger partial charge on any atom is -0.230 e. The molecule has 0 fully saturated rings. The molecule has 0 saturated heterocycles. The molecule has 0 atom stereocenters. The van der Waals surface area contributed by atoms with Crippen LogP contribution in [0.2, 0.25) is 0 Å². The van der Waals surface area contributed by atoms with Crippen LogP contribution in [-0.4, -0.2) is 9.97 Å². The van der Waals surface area contributed by atoms with Crippen molar-refractivity contribution in [3.63, 3.8) is 0 Å².